The molecule has 0 heterocycles. The van der Waals surface area contributed by atoms with Gasteiger partial charge in [0.15, 0.2) is 0 Å². The molecule has 0 aliphatic heterocycles. The zero-order valence-electron chi connectivity index (χ0n) is 7.38. The Labute approximate surface area is 82.4 Å². The summed E-state index contributed by atoms with van der Waals surface area (Å²) in [6, 6.07) is 9.63. The molecule has 2 heteroatoms. The van der Waals surface area contributed by atoms with Gasteiger partial charge in [-0.15, -0.1) is 11.8 Å². The van der Waals surface area contributed by atoms with Gasteiger partial charge in [-0.2, -0.15) is 0 Å². The Balaban J connectivity index is 2.64. The molecule has 0 spiro atoms. The van der Waals surface area contributed by atoms with E-state index in [9.17, 15) is 0 Å². The minimum absolute atomic E-state index is 0.504. The fourth-order valence-corrected chi connectivity index (χ4v) is 1.58. The van der Waals surface area contributed by atoms with E-state index < -0.39 is 5.70 Å². The van der Waals surface area contributed by atoms with Crippen molar-refractivity contribution >= 4 is 34.4 Å². The molecule has 0 atom stereocenters. The van der Waals surface area contributed by atoms with Crippen LogP contribution in [0.4, 0.5) is 0 Å². The van der Waals surface area contributed by atoms with Crippen LogP contribution in [0.25, 0.3) is 0 Å². The van der Waals surface area contributed by atoms with Crippen LogP contribution in [0.1, 0.15) is 2.74 Å². The molecule has 0 aromatic heterocycles. The first-order valence-corrected chi connectivity index (χ1v) is 5.28. The molecule has 0 N–H and O–H groups in total. The molecule has 0 nitrogen and oxygen atoms in total. The number of benzene rings is 1. The number of alkyl halides is 1. The molecule has 10 heavy (non-hydrogen) atoms. The van der Waals surface area contributed by atoms with Crippen LogP contribution in [0.5, 0.6) is 0 Å². The first-order valence-electron chi connectivity index (χ1n) is 3.94. The average molecular weight is 266 g/mol. The van der Waals surface area contributed by atoms with Crippen LogP contribution in [0.15, 0.2) is 35.2 Å². The summed E-state index contributed by atoms with van der Waals surface area (Å²) < 4.78 is 15.6. The second kappa shape index (κ2) is 5.02. The molecule has 0 amide bonds. The maximum atomic E-state index is 7.53. The van der Waals surface area contributed by atoms with E-state index in [2.05, 4.69) is 22.6 Å². The SMILES string of the molecule is [2H]C([2H])(CI)Sc1ccccc1. The summed E-state index contributed by atoms with van der Waals surface area (Å²) in [5, 5.41) is 0. The quantitative estimate of drug-likeness (QED) is 0.460. The molecule has 0 unspecified atom stereocenters. The van der Waals surface area contributed by atoms with E-state index in [4.69, 9.17) is 2.74 Å². The summed E-state index contributed by atoms with van der Waals surface area (Å²) in [6.45, 7) is 0. The Kier molecular flexibility index (Phi) is 2.95. The van der Waals surface area contributed by atoms with Crippen molar-refractivity contribution in [2.45, 2.75) is 4.90 Å². The molecule has 54 valence electrons. The fourth-order valence-electron chi connectivity index (χ4n) is 0.599. The molecule has 0 radical (unpaired) electrons. The fraction of sp³-hybridized carbons (Fsp3) is 0.250. The highest BCUT2D eigenvalue weighted by molar-refractivity contribution is 14.1. The number of hydrogen-bond acceptors (Lipinski definition) is 1. The van der Waals surface area contributed by atoms with Gasteiger partial charge in [-0.1, -0.05) is 40.8 Å². The average Bonchev–Trinajstić information content (AvgIpc) is 2.06. The zero-order chi connectivity index (χ0) is 9.03. The van der Waals surface area contributed by atoms with Gasteiger partial charge < -0.3 is 0 Å². The van der Waals surface area contributed by atoms with Crippen molar-refractivity contribution in [3.8, 4) is 0 Å². The third-order valence-corrected chi connectivity index (χ3v) is 2.68. The largest absolute Gasteiger partial charge is 0.125 e. The summed E-state index contributed by atoms with van der Waals surface area (Å²) in [5.74, 6) is 0. The Morgan fingerprint density at radius 1 is 1.40 bits per heavy atom. The Morgan fingerprint density at radius 2 is 2.10 bits per heavy atom. The monoisotopic (exact) mass is 266 g/mol. The second-order valence-electron chi connectivity index (χ2n) is 1.69. The predicted octanol–water partition coefficient (Wildman–Crippen LogP) is 3.21. The van der Waals surface area contributed by atoms with Crippen LogP contribution in [-0.2, 0) is 0 Å². The molecule has 0 bridgehead atoms. The van der Waals surface area contributed by atoms with Gasteiger partial charge in [0, 0.05) is 17.8 Å². The van der Waals surface area contributed by atoms with Gasteiger partial charge in [0.2, 0.25) is 0 Å². The molecule has 1 aromatic carbocycles. The summed E-state index contributed by atoms with van der Waals surface area (Å²) >= 11 is 3.33. The molecular weight excluding hydrogens is 255 g/mol. The topological polar surface area (TPSA) is 0 Å². The molecule has 0 aliphatic carbocycles. The van der Waals surface area contributed by atoms with Gasteiger partial charge >= 0.3 is 0 Å². The molecule has 0 fully saturated rings. The lowest BCUT2D eigenvalue weighted by Gasteiger charge is -1.95. The minimum Gasteiger partial charge on any atom is -0.125 e. The van der Waals surface area contributed by atoms with E-state index in [1.165, 1.54) is 11.8 Å². The molecule has 1 rings (SSSR count). The van der Waals surface area contributed by atoms with Gasteiger partial charge in [-0.05, 0) is 12.1 Å². The first-order chi connectivity index (χ1) is 5.64. The highest BCUT2D eigenvalue weighted by Gasteiger charge is 1.88. The smallest absolute Gasteiger partial charge is 0.0392 e. The van der Waals surface area contributed by atoms with Crippen LogP contribution < -0.4 is 0 Å². The number of thioether (sulfide) groups is 1. The van der Waals surface area contributed by atoms with Crippen molar-refractivity contribution in [2.24, 2.45) is 0 Å². The first kappa shape index (κ1) is 5.89. The number of halogens is 1. The summed E-state index contributed by atoms with van der Waals surface area (Å²) in [6.07, 6.45) is 0. The maximum Gasteiger partial charge on any atom is 0.0392 e. The zero-order valence-corrected chi connectivity index (χ0v) is 8.35. The van der Waals surface area contributed by atoms with Crippen LogP contribution >= 0.6 is 34.4 Å². The Hall–Kier alpha value is 0.300. The van der Waals surface area contributed by atoms with E-state index in [0.29, 0.717) is 4.43 Å². The summed E-state index contributed by atoms with van der Waals surface area (Å²) in [5.41, 5.74) is -1.15. The van der Waals surface area contributed by atoms with Gasteiger partial charge in [-0.25, -0.2) is 0 Å². The molecule has 0 saturated heterocycles. The second-order valence-corrected chi connectivity index (χ2v) is 3.42. The molecule has 1 aromatic rings. The van der Waals surface area contributed by atoms with Gasteiger partial charge in [0.25, 0.3) is 0 Å². The molecule has 0 saturated carbocycles. The third-order valence-electron chi connectivity index (χ3n) is 0.988. The van der Waals surface area contributed by atoms with Crippen LogP contribution in [-0.4, -0.2) is 10.1 Å². The highest BCUT2D eigenvalue weighted by atomic mass is 127. The van der Waals surface area contributed by atoms with Gasteiger partial charge in [0.1, 0.15) is 0 Å². The van der Waals surface area contributed by atoms with Crippen molar-refractivity contribution in [1.82, 2.24) is 0 Å². The summed E-state index contributed by atoms with van der Waals surface area (Å²) in [4.78, 5) is 0.985. The van der Waals surface area contributed by atoms with Crippen molar-refractivity contribution in [2.75, 3.05) is 10.1 Å². The number of hydrogen-bond donors (Lipinski definition) is 0. The van der Waals surface area contributed by atoms with E-state index in [1.54, 1.807) is 0 Å². The van der Waals surface area contributed by atoms with Gasteiger partial charge in [-0.3, -0.25) is 0 Å². The third kappa shape index (κ3) is 2.92. The van der Waals surface area contributed by atoms with Gasteiger partial charge in [0.05, 0.1) is 0 Å². The van der Waals surface area contributed by atoms with E-state index in [-0.39, 0.29) is 0 Å². The standard InChI is InChI=1S/C8H9IS/c9-6-7-10-8-4-2-1-3-5-8/h1-5H,6-7H2/i7D2. The minimum atomic E-state index is -1.15. The lowest BCUT2D eigenvalue weighted by Crippen LogP contribution is -1.76. The van der Waals surface area contributed by atoms with E-state index in [1.807, 2.05) is 30.3 Å². The van der Waals surface area contributed by atoms with Crippen molar-refractivity contribution in [3.63, 3.8) is 0 Å². The van der Waals surface area contributed by atoms with Crippen LogP contribution in [0.3, 0.4) is 0 Å². The molecule has 0 aliphatic rings. The van der Waals surface area contributed by atoms with Crippen molar-refractivity contribution in [3.05, 3.63) is 30.3 Å². The normalized spacial score (nSPS) is 14.1. The lowest BCUT2D eigenvalue weighted by molar-refractivity contribution is 1.45. The lowest BCUT2D eigenvalue weighted by atomic mass is 10.4. The highest BCUT2D eigenvalue weighted by Crippen LogP contribution is 2.16. The predicted molar refractivity (Wildman–Crippen MR) is 56.1 cm³/mol. The Bertz CT molecular complexity index is 238. The maximum absolute atomic E-state index is 7.53. The van der Waals surface area contributed by atoms with Crippen molar-refractivity contribution in [1.29, 1.82) is 0 Å². The number of rotatable bonds is 3. The summed E-state index contributed by atoms with van der Waals surface area (Å²) in [7, 11) is 0. The van der Waals surface area contributed by atoms with Crippen molar-refractivity contribution < 1.29 is 2.74 Å². The van der Waals surface area contributed by atoms with E-state index >= 15 is 0 Å². The van der Waals surface area contributed by atoms with Crippen LogP contribution in [0, 0.1) is 0 Å². The Morgan fingerprint density at radius 3 is 2.70 bits per heavy atom. The van der Waals surface area contributed by atoms with Crippen LogP contribution in [0.2, 0.25) is 0 Å². The molecular formula is C8H9IS. The van der Waals surface area contributed by atoms with E-state index in [0.717, 1.165) is 4.90 Å².